The lowest BCUT2D eigenvalue weighted by molar-refractivity contribution is -0.109. The smallest absolute Gasteiger partial charge is 0.152 e. The molecule has 1 saturated heterocycles. The number of aromatic amines is 1. The van der Waals surface area contributed by atoms with Crippen LogP contribution in [0.3, 0.4) is 0 Å². The number of carbonyl (C=O) groups is 1. The average Bonchev–Trinajstić information content (AvgIpc) is 3.21. The van der Waals surface area contributed by atoms with Gasteiger partial charge in [0, 0.05) is 42.3 Å². The normalized spacial score (nSPS) is 19.0. The number of anilines is 3. The van der Waals surface area contributed by atoms with Gasteiger partial charge in [0.2, 0.25) is 0 Å². The fraction of sp³-hybridized carbons (Fsp3) is 0.462. The number of para-hydroxylation sites is 1. The van der Waals surface area contributed by atoms with Gasteiger partial charge in [-0.2, -0.15) is 0 Å². The zero-order valence-electron chi connectivity index (χ0n) is 19.6. The van der Waals surface area contributed by atoms with Gasteiger partial charge >= 0.3 is 0 Å². The third kappa shape index (κ3) is 4.74. The summed E-state index contributed by atoms with van der Waals surface area (Å²) in [7, 11) is 0. The zero-order chi connectivity index (χ0) is 22.7. The molecular formula is C26H35N5O. The van der Waals surface area contributed by atoms with Crippen LogP contribution in [-0.2, 0) is 4.79 Å². The van der Waals surface area contributed by atoms with E-state index in [2.05, 4.69) is 72.1 Å². The van der Waals surface area contributed by atoms with E-state index in [-0.39, 0.29) is 12.1 Å². The largest absolute Gasteiger partial charge is 0.380 e. The number of aromatic nitrogens is 2. The number of hydrogen-bond donors (Lipinski definition) is 2. The van der Waals surface area contributed by atoms with Crippen LogP contribution in [0.5, 0.6) is 0 Å². The molecule has 2 aromatic heterocycles. The summed E-state index contributed by atoms with van der Waals surface area (Å²) in [6, 6.07) is 14.9. The maximum absolute atomic E-state index is 12.2. The number of pyridine rings is 1. The average molecular weight is 434 g/mol. The first-order valence-corrected chi connectivity index (χ1v) is 11.7. The van der Waals surface area contributed by atoms with Crippen molar-refractivity contribution in [1.82, 2.24) is 9.97 Å². The Labute approximate surface area is 191 Å². The number of aldehydes is 1. The molecule has 1 aliphatic rings. The minimum absolute atomic E-state index is 0.165. The minimum atomic E-state index is -0.165. The number of carbonyl (C=O) groups excluding carboxylic acids is 1. The van der Waals surface area contributed by atoms with Gasteiger partial charge in [-0.3, -0.25) is 0 Å². The van der Waals surface area contributed by atoms with Crippen molar-refractivity contribution >= 4 is 34.5 Å². The van der Waals surface area contributed by atoms with E-state index >= 15 is 0 Å². The van der Waals surface area contributed by atoms with E-state index in [1.807, 2.05) is 24.4 Å². The third-order valence-electron chi connectivity index (χ3n) is 6.10. The highest BCUT2D eigenvalue weighted by Crippen LogP contribution is 2.33. The fourth-order valence-corrected chi connectivity index (χ4v) is 4.75. The number of nitrogens with one attached hydrogen (secondary N) is 2. The van der Waals surface area contributed by atoms with Crippen LogP contribution in [0, 0.1) is 5.92 Å². The highest BCUT2D eigenvalue weighted by Gasteiger charge is 2.34. The van der Waals surface area contributed by atoms with Crippen molar-refractivity contribution in [2.75, 3.05) is 28.2 Å². The van der Waals surface area contributed by atoms with Crippen molar-refractivity contribution in [3.63, 3.8) is 0 Å². The number of nitrogens with zero attached hydrogens (tertiary/aromatic N) is 3. The van der Waals surface area contributed by atoms with Gasteiger partial charge in [-0.1, -0.05) is 32.0 Å². The van der Waals surface area contributed by atoms with Crippen molar-refractivity contribution in [2.45, 2.75) is 58.7 Å². The molecule has 6 heteroatoms. The topological polar surface area (TPSA) is 64.3 Å². The molecule has 2 N–H and O–H groups in total. The molecule has 2 unspecified atom stereocenters. The lowest BCUT2D eigenvalue weighted by Crippen LogP contribution is -2.52. The number of H-pyrrole nitrogens is 1. The van der Waals surface area contributed by atoms with E-state index in [1.54, 1.807) is 0 Å². The van der Waals surface area contributed by atoms with Crippen molar-refractivity contribution in [2.24, 2.45) is 5.92 Å². The van der Waals surface area contributed by atoms with Gasteiger partial charge in [0.25, 0.3) is 0 Å². The Morgan fingerprint density at radius 1 is 1.22 bits per heavy atom. The molecule has 0 aliphatic carbocycles. The van der Waals surface area contributed by atoms with Crippen LogP contribution in [0.25, 0.3) is 10.9 Å². The van der Waals surface area contributed by atoms with E-state index < -0.39 is 0 Å². The van der Waals surface area contributed by atoms with Crippen LogP contribution in [0.4, 0.5) is 17.3 Å². The fourth-order valence-electron chi connectivity index (χ4n) is 4.75. The molecule has 1 aliphatic heterocycles. The van der Waals surface area contributed by atoms with E-state index in [0.29, 0.717) is 12.0 Å². The van der Waals surface area contributed by atoms with Crippen molar-refractivity contribution in [3.05, 3.63) is 48.7 Å². The van der Waals surface area contributed by atoms with Crippen molar-refractivity contribution in [1.29, 1.82) is 0 Å². The maximum atomic E-state index is 12.2. The summed E-state index contributed by atoms with van der Waals surface area (Å²) in [6.45, 7) is 10.5. The molecule has 0 bridgehead atoms. The third-order valence-corrected chi connectivity index (χ3v) is 6.10. The molecule has 1 aromatic carbocycles. The Balaban J connectivity index is 1.60. The molecule has 1 fully saturated rings. The lowest BCUT2D eigenvalue weighted by Gasteiger charge is -2.43. The first kappa shape index (κ1) is 22.2. The summed E-state index contributed by atoms with van der Waals surface area (Å²) >= 11 is 0. The summed E-state index contributed by atoms with van der Waals surface area (Å²) in [5.74, 6) is 2.51. The first-order valence-electron chi connectivity index (χ1n) is 11.7. The molecule has 2 atom stereocenters. The molecule has 3 heterocycles. The zero-order valence-corrected chi connectivity index (χ0v) is 19.6. The molecule has 6 nitrogen and oxygen atoms in total. The number of fused-ring (bicyclic) bond motifs is 1. The molecule has 0 radical (unpaired) electrons. The van der Waals surface area contributed by atoms with Crippen LogP contribution in [-0.4, -0.2) is 47.5 Å². The van der Waals surface area contributed by atoms with Crippen molar-refractivity contribution < 1.29 is 4.79 Å². The van der Waals surface area contributed by atoms with Crippen LogP contribution in [0.1, 0.15) is 40.5 Å². The van der Waals surface area contributed by atoms with Gasteiger partial charge in [-0.25, -0.2) is 4.98 Å². The molecule has 0 spiro atoms. The van der Waals surface area contributed by atoms with Crippen LogP contribution < -0.4 is 15.1 Å². The predicted molar refractivity (Wildman–Crippen MR) is 134 cm³/mol. The van der Waals surface area contributed by atoms with E-state index in [1.165, 1.54) is 5.39 Å². The highest BCUT2D eigenvalue weighted by atomic mass is 16.1. The second-order valence-electron chi connectivity index (χ2n) is 9.54. The van der Waals surface area contributed by atoms with Crippen LogP contribution >= 0.6 is 0 Å². The quantitative estimate of drug-likeness (QED) is 0.485. The number of hydrogen-bond acceptors (Lipinski definition) is 5. The van der Waals surface area contributed by atoms with Gasteiger partial charge in [-0.05, 0) is 56.9 Å². The molecule has 3 aromatic rings. The summed E-state index contributed by atoms with van der Waals surface area (Å²) in [5, 5.41) is 4.73. The van der Waals surface area contributed by atoms with Crippen LogP contribution in [0.15, 0.2) is 48.7 Å². The minimum Gasteiger partial charge on any atom is -0.380 e. The summed E-state index contributed by atoms with van der Waals surface area (Å²) in [4.78, 5) is 25.1. The Morgan fingerprint density at radius 3 is 2.75 bits per heavy atom. The SMILES string of the molecule is CC(C)CN(c1ncccc1NC(C)C)C1CCN(c2cc3ccccc3[nH]2)C(C=O)C1. The summed E-state index contributed by atoms with van der Waals surface area (Å²) in [5.41, 5.74) is 2.16. The monoisotopic (exact) mass is 433 g/mol. The highest BCUT2D eigenvalue weighted by molar-refractivity contribution is 5.85. The molecule has 0 saturated carbocycles. The molecule has 32 heavy (non-hydrogen) atoms. The summed E-state index contributed by atoms with van der Waals surface area (Å²) < 4.78 is 0. The summed E-state index contributed by atoms with van der Waals surface area (Å²) in [6.07, 6.45) is 4.73. The van der Waals surface area contributed by atoms with Gasteiger partial charge in [-0.15, -0.1) is 0 Å². The van der Waals surface area contributed by atoms with Gasteiger partial charge in [0.15, 0.2) is 5.82 Å². The van der Waals surface area contributed by atoms with Gasteiger partial charge in [0.05, 0.1) is 11.7 Å². The molecule has 170 valence electrons. The Kier molecular flexibility index (Phi) is 6.68. The Morgan fingerprint density at radius 2 is 2.03 bits per heavy atom. The maximum Gasteiger partial charge on any atom is 0.152 e. The van der Waals surface area contributed by atoms with Gasteiger partial charge in [0.1, 0.15) is 12.1 Å². The number of piperidine rings is 1. The number of rotatable bonds is 8. The molecule has 0 amide bonds. The first-order chi connectivity index (χ1) is 15.5. The second-order valence-corrected chi connectivity index (χ2v) is 9.54. The standard InChI is InChI=1S/C26H35N5O/c1-18(2)16-31(26-24(28-19(3)4)10-7-12-27-26)21-11-13-30(22(15-21)17-32)25-14-20-8-5-6-9-23(20)29-25/h5-10,12,14,17-19,21-22,28-29H,11,13,15-16H2,1-4H3. The lowest BCUT2D eigenvalue weighted by atomic mass is 9.95. The van der Waals surface area contributed by atoms with E-state index in [9.17, 15) is 4.79 Å². The predicted octanol–water partition coefficient (Wildman–Crippen LogP) is 5.08. The van der Waals surface area contributed by atoms with Crippen LogP contribution in [0.2, 0.25) is 0 Å². The van der Waals surface area contributed by atoms with Gasteiger partial charge < -0.3 is 24.9 Å². The Bertz CT molecular complexity index is 1010. The molecular weight excluding hydrogens is 398 g/mol. The van der Waals surface area contributed by atoms with E-state index in [4.69, 9.17) is 4.98 Å². The second kappa shape index (κ2) is 9.63. The van der Waals surface area contributed by atoms with E-state index in [0.717, 1.165) is 55.1 Å². The van der Waals surface area contributed by atoms with Crippen molar-refractivity contribution in [3.8, 4) is 0 Å². The number of benzene rings is 1. The molecule has 4 rings (SSSR count). The Hall–Kier alpha value is -3.02.